The van der Waals surface area contributed by atoms with Crippen LogP contribution in [0, 0.1) is 5.41 Å². The number of nitrogens with two attached hydrogens (primary N) is 1. The van der Waals surface area contributed by atoms with E-state index in [4.69, 9.17) is 10.5 Å². The standard InChI is InChI=1S/C26H33N3O4S/c1-29-16-12-20-18-22(8-9-24(20)29)34(31,32)28-21-10-14-26(15-11-21,25(27)30)23(13-17-33-2)19-6-4-3-5-7-19/h3-9,12,16,18,21,23,28H,10-11,13-15,17H2,1-2H3,(H2,27,30)/t21?,23-,26?/m1/s1. The van der Waals surface area contributed by atoms with Gasteiger partial charge in [0.05, 0.1) is 10.3 Å². The number of carbonyl (C=O) groups excluding carboxylic acids is 1. The molecule has 1 aromatic heterocycles. The summed E-state index contributed by atoms with van der Waals surface area (Å²) in [6, 6.07) is 16.7. The van der Waals surface area contributed by atoms with Gasteiger partial charge in [0.1, 0.15) is 0 Å². The summed E-state index contributed by atoms with van der Waals surface area (Å²) in [5, 5.41) is 0.880. The summed E-state index contributed by atoms with van der Waals surface area (Å²) in [7, 11) is -0.104. The number of amides is 1. The maximum atomic E-state index is 13.1. The van der Waals surface area contributed by atoms with Crippen LogP contribution in [-0.4, -0.2) is 38.7 Å². The lowest BCUT2D eigenvalue weighted by molar-refractivity contribution is -0.131. The van der Waals surface area contributed by atoms with E-state index in [1.165, 1.54) is 0 Å². The van der Waals surface area contributed by atoms with Crippen molar-refractivity contribution in [2.45, 2.75) is 49.0 Å². The summed E-state index contributed by atoms with van der Waals surface area (Å²) in [5.41, 5.74) is 7.32. The van der Waals surface area contributed by atoms with E-state index in [-0.39, 0.29) is 22.8 Å². The van der Waals surface area contributed by atoms with Gasteiger partial charge in [-0.1, -0.05) is 30.3 Å². The lowest BCUT2D eigenvalue weighted by Gasteiger charge is -2.43. The number of hydrogen-bond donors (Lipinski definition) is 2. The van der Waals surface area contributed by atoms with E-state index in [1.807, 2.05) is 60.3 Å². The molecule has 1 amide bonds. The van der Waals surface area contributed by atoms with Gasteiger partial charge in [0.2, 0.25) is 15.9 Å². The second-order valence-corrected chi connectivity index (χ2v) is 11.0. The normalized spacial score (nSPS) is 22.0. The van der Waals surface area contributed by atoms with Gasteiger partial charge in [-0.15, -0.1) is 0 Å². The van der Waals surface area contributed by atoms with Gasteiger partial charge in [-0.2, -0.15) is 0 Å². The number of nitrogens with zero attached hydrogens (tertiary/aromatic N) is 1. The molecule has 0 radical (unpaired) electrons. The number of carbonyl (C=O) groups is 1. The zero-order chi connectivity index (χ0) is 24.3. The number of aryl methyl sites for hydroxylation is 1. The van der Waals surface area contributed by atoms with Crippen molar-refractivity contribution in [3.63, 3.8) is 0 Å². The van der Waals surface area contributed by atoms with E-state index in [2.05, 4.69) is 4.72 Å². The molecule has 1 fully saturated rings. The van der Waals surface area contributed by atoms with Crippen LogP contribution in [-0.2, 0) is 26.6 Å². The molecule has 3 N–H and O–H groups in total. The molecule has 1 saturated carbocycles. The van der Waals surface area contributed by atoms with Gasteiger partial charge in [-0.3, -0.25) is 4.79 Å². The van der Waals surface area contributed by atoms with Crippen molar-refractivity contribution in [1.29, 1.82) is 0 Å². The first-order valence-corrected chi connectivity index (χ1v) is 13.2. The van der Waals surface area contributed by atoms with Crippen molar-refractivity contribution in [2.24, 2.45) is 18.2 Å². The SMILES string of the molecule is COCC[C@H](c1ccccc1)C1(C(N)=O)CCC(NS(=O)(=O)c2ccc3c(ccn3C)c2)CC1. The topological polar surface area (TPSA) is 103 Å². The third-order valence-corrected chi connectivity index (χ3v) is 8.86. The van der Waals surface area contributed by atoms with Crippen LogP contribution in [0.3, 0.4) is 0 Å². The van der Waals surface area contributed by atoms with Crippen LogP contribution in [0.1, 0.15) is 43.6 Å². The highest BCUT2D eigenvalue weighted by Gasteiger charge is 2.47. The quantitative estimate of drug-likeness (QED) is 0.484. The molecule has 7 nitrogen and oxygen atoms in total. The fraction of sp³-hybridized carbons (Fsp3) is 0.423. The lowest BCUT2D eigenvalue weighted by Crippen LogP contribution is -2.49. The van der Waals surface area contributed by atoms with Crippen LogP contribution >= 0.6 is 0 Å². The Bertz CT molecular complexity index is 1250. The van der Waals surface area contributed by atoms with Crippen LogP contribution in [0.4, 0.5) is 0 Å². The second-order valence-electron chi connectivity index (χ2n) is 9.31. The first kappa shape index (κ1) is 24.4. The van der Waals surface area contributed by atoms with E-state index >= 15 is 0 Å². The highest BCUT2D eigenvalue weighted by Crippen LogP contribution is 2.49. The number of nitrogens with one attached hydrogen (secondary N) is 1. The molecule has 0 saturated heterocycles. The number of rotatable bonds is 9. The molecule has 34 heavy (non-hydrogen) atoms. The Hall–Kier alpha value is -2.68. The van der Waals surface area contributed by atoms with E-state index < -0.39 is 15.4 Å². The minimum Gasteiger partial charge on any atom is -0.385 e. The van der Waals surface area contributed by atoms with E-state index in [0.29, 0.717) is 38.7 Å². The van der Waals surface area contributed by atoms with Crippen molar-refractivity contribution in [2.75, 3.05) is 13.7 Å². The number of hydrogen-bond acceptors (Lipinski definition) is 4. The number of primary amides is 1. The highest BCUT2D eigenvalue weighted by atomic mass is 32.2. The maximum Gasteiger partial charge on any atom is 0.240 e. The van der Waals surface area contributed by atoms with Crippen molar-refractivity contribution in [3.05, 3.63) is 66.4 Å². The largest absolute Gasteiger partial charge is 0.385 e. The molecular weight excluding hydrogens is 450 g/mol. The molecule has 3 aromatic rings. The van der Waals surface area contributed by atoms with Gasteiger partial charge in [-0.05, 0) is 61.9 Å². The first-order chi connectivity index (χ1) is 16.3. The fourth-order valence-corrected chi connectivity index (χ4v) is 6.75. The number of benzene rings is 2. The third-order valence-electron chi connectivity index (χ3n) is 7.34. The van der Waals surface area contributed by atoms with Crippen molar-refractivity contribution in [3.8, 4) is 0 Å². The summed E-state index contributed by atoms with van der Waals surface area (Å²) < 4.78 is 36.4. The molecule has 8 heteroatoms. The summed E-state index contributed by atoms with van der Waals surface area (Å²) in [5.74, 6) is -0.405. The Labute approximate surface area is 201 Å². The molecule has 0 bridgehead atoms. The molecule has 1 heterocycles. The van der Waals surface area contributed by atoms with Crippen LogP contribution < -0.4 is 10.5 Å². The zero-order valence-corrected chi connectivity index (χ0v) is 20.6. The number of sulfonamides is 1. The van der Waals surface area contributed by atoms with Crippen molar-refractivity contribution >= 4 is 26.8 Å². The van der Waals surface area contributed by atoms with E-state index in [1.54, 1.807) is 19.2 Å². The lowest BCUT2D eigenvalue weighted by atomic mass is 9.61. The smallest absolute Gasteiger partial charge is 0.240 e. The minimum absolute atomic E-state index is 0.0794. The highest BCUT2D eigenvalue weighted by molar-refractivity contribution is 7.89. The van der Waals surface area contributed by atoms with Crippen molar-refractivity contribution in [1.82, 2.24) is 9.29 Å². The maximum absolute atomic E-state index is 13.1. The van der Waals surface area contributed by atoms with Crippen LogP contribution in [0.2, 0.25) is 0 Å². The minimum atomic E-state index is -3.68. The molecule has 2 aromatic carbocycles. The Morgan fingerprint density at radius 2 is 1.88 bits per heavy atom. The van der Waals surface area contributed by atoms with Crippen LogP contribution in [0.5, 0.6) is 0 Å². The molecule has 182 valence electrons. The summed E-state index contributed by atoms with van der Waals surface area (Å²) >= 11 is 0. The molecule has 4 rings (SSSR count). The van der Waals surface area contributed by atoms with Gasteiger partial charge in [0.25, 0.3) is 0 Å². The van der Waals surface area contributed by atoms with Gasteiger partial charge >= 0.3 is 0 Å². The third kappa shape index (κ3) is 4.76. The molecule has 1 aliphatic rings. The number of methoxy groups -OCH3 is 1. The monoisotopic (exact) mass is 483 g/mol. The van der Waals surface area contributed by atoms with E-state index in [0.717, 1.165) is 16.5 Å². The summed E-state index contributed by atoms with van der Waals surface area (Å²) in [6.45, 7) is 0.520. The molecule has 0 aliphatic heterocycles. The Morgan fingerprint density at radius 3 is 2.53 bits per heavy atom. The number of aromatic nitrogens is 1. The second kappa shape index (κ2) is 9.90. The Morgan fingerprint density at radius 1 is 1.18 bits per heavy atom. The molecular formula is C26H33N3O4S. The van der Waals surface area contributed by atoms with E-state index in [9.17, 15) is 13.2 Å². The zero-order valence-electron chi connectivity index (χ0n) is 19.7. The first-order valence-electron chi connectivity index (χ1n) is 11.7. The Kier molecular flexibility index (Phi) is 7.12. The van der Waals surface area contributed by atoms with Crippen LogP contribution in [0.25, 0.3) is 10.9 Å². The number of ether oxygens (including phenoxy) is 1. The molecule has 1 aliphatic carbocycles. The molecule has 0 spiro atoms. The predicted molar refractivity (Wildman–Crippen MR) is 133 cm³/mol. The fourth-order valence-electron chi connectivity index (χ4n) is 5.41. The summed E-state index contributed by atoms with van der Waals surface area (Å²) in [4.78, 5) is 13.1. The van der Waals surface area contributed by atoms with Gasteiger partial charge in [-0.25, -0.2) is 13.1 Å². The van der Waals surface area contributed by atoms with Crippen molar-refractivity contribution < 1.29 is 17.9 Å². The number of fused-ring (bicyclic) bond motifs is 1. The average Bonchev–Trinajstić information content (AvgIpc) is 3.21. The predicted octanol–water partition coefficient (Wildman–Crippen LogP) is 3.69. The average molecular weight is 484 g/mol. The summed E-state index contributed by atoms with van der Waals surface area (Å²) in [6.07, 6.45) is 4.73. The molecule has 1 atom stereocenters. The van der Waals surface area contributed by atoms with Crippen LogP contribution in [0.15, 0.2) is 65.7 Å². The van der Waals surface area contributed by atoms with Gasteiger partial charge < -0.3 is 15.0 Å². The van der Waals surface area contributed by atoms with Gasteiger partial charge in [0, 0.05) is 49.8 Å². The van der Waals surface area contributed by atoms with Gasteiger partial charge in [0.15, 0.2) is 0 Å². The Balaban J connectivity index is 1.52. The molecule has 0 unspecified atom stereocenters.